The quantitative estimate of drug-likeness (QED) is 0.485. The molecule has 1 aliphatic heterocycles. The fourth-order valence-electron chi connectivity index (χ4n) is 1.94. The van der Waals surface area contributed by atoms with Crippen molar-refractivity contribution >= 4 is 11.9 Å². The molecule has 22 heavy (non-hydrogen) atoms. The number of hydrogen-bond acceptors (Lipinski definition) is 5. The maximum Gasteiger partial charge on any atom is 0.316 e. The van der Waals surface area contributed by atoms with Crippen molar-refractivity contribution in [1.82, 2.24) is 4.90 Å². The summed E-state index contributed by atoms with van der Waals surface area (Å²) in [5.41, 5.74) is 1.41. The van der Waals surface area contributed by atoms with E-state index in [1.807, 2.05) is 0 Å². The number of hydrogen-bond donors (Lipinski definition) is 0. The molecule has 2 rings (SSSR count). The molecular formula is C17H23NO4. The van der Waals surface area contributed by atoms with Crippen molar-refractivity contribution in [2.75, 3.05) is 27.3 Å². The van der Waals surface area contributed by atoms with E-state index < -0.39 is 11.9 Å². The molecule has 0 bridgehead atoms. The highest BCUT2D eigenvalue weighted by Gasteiger charge is 2.07. The Bertz CT molecular complexity index is 471. The highest BCUT2D eigenvalue weighted by molar-refractivity contribution is 5.90. The molecule has 0 N–H and O–H groups in total. The lowest BCUT2D eigenvalue weighted by Gasteiger charge is -2.22. The number of carbonyl (C=O) groups excluding carboxylic acids is 2. The van der Waals surface area contributed by atoms with Gasteiger partial charge in [0.15, 0.2) is 0 Å². The predicted octanol–water partition coefficient (Wildman–Crippen LogP) is 2.17. The fraction of sp³-hybridized carbons (Fsp3) is 0.412. The highest BCUT2D eigenvalue weighted by Crippen LogP contribution is 2.07. The Morgan fingerprint density at radius 3 is 2.18 bits per heavy atom. The second-order valence-corrected chi connectivity index (χ2v) is 4.81. The van der Waals surface area contributed by atoms with Crippen molar-refractivity contribution in [3.8, 4) is 0 Å². The smallest absolute Gasteiger partial charge is 0.316 e. The minimum absolute atomic E-state index is 0.312. The van der Waals surface area contributed by atoms with Gasteiger partial charge in [-0.05, 0) is 12.0 Å². The van der Waals surface area contributed by atoms with Crippen LogP contribution in [0.4, 0.5) is 0 Å². The van der Waals surface area contributed by atoms with Crippen LogP contribution in [-0.2, 0) is 25.6 Å². The fourth-order valence-corrected chi connectivity index (χ4v) is 1.94. The molecule has 1 aromatic rings. The molecule has 0 saturated heterocycles. The zero-order valence-corrected chi connectivity index (χ0v) is 13.2. The summed E-state index contributed by atoms with van der Waals surface area (Å²) in [5, 5.41) is 0. The molecule has 1 heterocycles. The van der Waals surface area contributed by atoms with Crippen LogP contribution < -0.4 is 0 Å². The van der Waals surface area contributed by atoms with Crippen LogP contribution in [0, 0.1) is 0 Å². The summed E-state index contributed by atoms with van der Waals surface area (Å²) in [7, 11) is 2.43. The molecular weight excluding hydrogens is 282 g/mol. The zero-order valence-electron chi connectivity index (χ0n) is 13.2. The Balaban J connectivity index is 0.000000239. The van der Waals surface area contributed by atoms with Crippen molar-refractivity contribution in [3.05, 3.63) is 48.0 Å². The Kier molecular flexibility index (Phi) is 8.60. The van der Waals surface area contributed by atoms with Crippen LogP contribution in [0.5, 0.6) is 0 Å². The second-order valence-electron chi connectivity index (χ2n) is 4.81. The van der Waals surface area contributed by atoms with E-state index >= 15 is 0 Å². The molecule has 0 aliphatic carbocycles. The van der Waals surface area contributed by atoms with Gasteiger partial charge in [0.25, 0.3) is 0 Å². The number of benzene rings is 1. The van der Waals surface area contributed by atoms with Gasteiger partial charge in [-0.25, -0.2) is 0 Å². The Labute approximate surface area is 131 Å². The van der Waals surface area contributed by atoms with Crippen LogP contribution in [0.15, 0.2) is 42.5 Å². The van der Waals surface area contributed by atoms with E-state index in [1.165, 1.54) is 32.7 Å². The second kappa shape index (κ2) is 10.6. The SMILES string of the molecule is C1=CCN(Cc2ccccc2)CC1.COC(=O)CC(=O)OC. The summed E-state index contributed by atoms with van der Waals surface area (Å²) in [6, 6.07) is 10.7. The summed E-state index contributed by atoms with van der Waals surface area (Å²) in [6.07, 6.45) is 5.41. The van der Waals surface area contributed by atoms with Gasteiger partial charge in [0, 0.05) is 19.6 Å². The summed E-state index contributed by atoms with van der Waals surface area (Å²) in [5.74, 6) is -1.16. The van der Waals surface area contributed by atoms with Gasteiger partial charge in [0.05, 0.1) is 14.2 Å². The van der Waals surface area contributed by atoms with E-state index in [0.717, 1.165) is 13.1 Å². The van der Waals surface area contributed by atoms with Crippen LogP contribution in [0.1, 0.15) is 18.4 Å². The maximum atomic E-state index is 10.3. The predicted molar refractivity (Wildman–Crippen MR) is 84.1 cm³/mol. The normalized spacial score (nSPS) is 13.7. The summed E-state index contributed by atoms with van der Waals surface area (Å²) in [6.45, 7) is 3.39. The van der Waals surface area contributed by atoms with E-state index in [4.69, 9.17) is 0 Å². The standard InChI is InChI=1S/C12H15N.C5H8O4/c1-3-7-12(8-4-1)11-13-9-5-2-6-10-13;1-8-4(6)3-5(7)9-2/h1-5,7-8H,6,9-11H2;3H2,1-2H3. The molecule has 5 nitrogen and oxygen atoms in total. The Morgan fingerprint density at radius 2 is 1.68 bits per heavy atom. The van der Waals surface area contributed by atoms with Crippen LogP contribution >= 0.6 is 0 Å². The van der Waals surface area contributed by atoms with Crippen molar-refractivity contribution in [1.29, 1.82) is 0 Å². The lowest BCUT2D eigenvalue weighted by molar-refractivity contribution is -0.151. The van der Waals surface area contributed by atoms with Gasteiger partial charge in [-0.1, -0.05) is 42.5 Å². The number of esters is 2. The lowest BCUT2D eigenvalue weighted by atomic mass is 10.2. The van der Waals surface area contributed by atoms with Gasteiger partial charge in [-0.3, -0.25) is 14.5 Å². The molecule has 0 saturated carbocycles. The molecule has 0 aromatic heterocycles. The summed E-state index contributed by atoms with van der Waals surface area (Å²) < 4.78 is 8.37. The van der Waals surface area contributed by atoms with Crippen molar-refractivity contribution in [3.63, 3.8) is 0 Å². The van der Waals surface area contributed by atoms with Crippen molar-refractivity contribution in [2.24, 2.45) is 0 Å². The van der Waals surface area contributed by atoms with E-state index in [1.54, 1.807) is 0 Å². The number of nitrogens with zero attached hydrogens (tertiary/aromatic N) is 1. The average Bonchev–Trinajstić information content (AvgIpc) is 2.57. The molecule has 1 aromatic carbocycles. The number of carbonyl (C=O) groups is 2. The van der Waals surface area contributed by atoms with Crippen LogP contribution in [0.2, 0.25) is 0 Å². The monoisotopic (exact) mass is 305 g/mol. The van der Waals surface area contributed by atoms with Crippen LogP contribution in [0.3, 0.4) is 0 Å². The first-order valence-corrected chi connectivity index (χ1v) is 7.20. The van der Waals surface area contributed by atoms with Gasteiger partial charge < -0.3 is 9.47 Å². The maximum absolute atomic E-state index is 10.3. The number of methoxy groups -OCH3 is 2. The van der Waals surface area contributed by atoms with Crippen LogP contribution in [-0.4, -0.2) is 44.1 Å². The van der Waals surface area contributed by atoms with Gasteiger partial charge in [0.1, 0.15) is 6.42 Å². The minimum atomic E-state index is -0.582. The van der Waals surface area contributed by atoms with E-state index in [0.29, 0.717) is 0 Å². The Morgan fingerprint density at radius 1 is 1.05 bits per heavy atom. The first kappa shape index (κ1) is 17.9. The third-order valence-corrected chi connectivity index (χ3v) is 3.14. The number of rotatable bonds is 4. The lowest BCUT2D eigenvalue weighted by Crippen LogP contribution is -2.26. The van der Waals surface area contributed by atoms with Crippen molar-refractivity contribution in [2.45, 2.75) is 19.4 Å². The summed E-state index contributed by atoms with van der Waals surface area (Å²) in [4.78, 5) is 23.0. The van der Waals surface area contributed by atoms with Gasteiger partial charge in [0.2, 0.25) is 0 Å². The average molecular weight is 305 g/mol. The van der Waals surface area contributed by atoms with Crippen LogP contribution in [0.25, 0.3) is 0 Å². The van der Waals surface area contributed by atoms with E-state index in [2.05, 4.69) is 56.9 Å². The third-order valence-electron chi connectivity index (χ3n) is 3.14. The topological polar surface area (TPSA) is 55.8 Å². The van der Waals surface area contributed by atoms with E-state index in [9.17, 15) is 9.59 Å². The molecule has 0 unspecified atom stereocenters. The highest BCUT2D eigenvalue weighted by atomic mass is 16.5. The zero-order chi connectivity index (χ0) is 16.2. The first-order valence-electron chi connectivity index (χ1n) is 7.20. The third kappa shape index (κ3) is 7.59. The van der Waals surface area contributed by atoms with Gasteiger partial charge >= 0.3 is 11.9 Å². The molecule has 0 atom stereocenters. The molecule has 0 spiro atoms. The minimum Gasteiger partial charge on any atom is -0.469 e. The van der Waals surface area contributed by atoms with Gasteiger partial charge in [-0.2, -0.15) is 0 Å². The molecule has 0 fully saturated rings. The molecule has 1 aliphatic rings. The van der Waals surface area contributed by atoms with E-state index in [-0.39, 0.29) is 6.42 Å². The van der Waals surface area contributed by atoms with Gasteiger partial charge in [-0.15, -0.1) is 0 Å². The first-order chi connectivity index (χ1) is 10.7. The molecule has 0 radical (unpaired) electrons. The molecule has 0 amide bonds. The molecule has 120 valence electrons. The number of ether oxygens (including phenoxy) is 2. The van der Waals surface area contributed by atoms with Crippen molar-refractivity contribution < 1.29 is 19.1 Å². The summed E-state index contributed by atoms with van der Waals surface area (Å²) >= 11 is 0. The largest absolute Gasteiger partial charge is 0.469 e. The molecule has 5 heteroatoms. The Hall–Kier alpha value is -2.14.